The lowest BCUT2D eigenvalue weighted by molar-refractivity contribution is -0.136. The van der Waals surface area contributed by atoms with Crippen molar-refractivity contribution >= 4 is 40.7 Å². The number of imide groups is 1. The predicted octanol–water partition coefficient (Wildman–Crippen LogP) is 2.42. The zero-order valence-electron chi connectivity index (χ0n) is 27.3. The highest BCUT2D eigenvalue weighted by Crippen LogP contribution is 2.32. The van der Waals surface area contributed by atoms with Crippen LogP contribution in [0.3, 0.4) is 0 Å². The van der Waals surface area contributed by atoms with Gasteiger partial charge in [-0.3, -0.25) is 29.4 Å². The largest absolute Gasteiger partial charge is 0.378 e. The highest BCUT2D eigenvalue weighted by Gasteiger charge is 2.39. The summed E-state index contributed by atoms with van der Waals surface area (Å²) in [5.41, 5.74) is 5.53. The first-order valence-corrected chi connectivity index (χ1v) is 17.0. The zero-order chi connectivity index (χ0) is 33.5. The van der Waals surface area contributed by atoms with Crippen LogP contribution in [0.2, 0.25) is 5.02 Å². The molecule has 252 valence electrons. The predicted molar refractivity (Wildman–Crippen MR) is 183 cm³/mol. The number of carbonyl (C=O) groups excluding carboxylic acids is 3. The van der Waals surface area contributed by atoms with Gasteiger partial charge in [-0.2, -0.15) is 5.10 Å². The SMILES string of the molecule is CN1C[C@@H](Nc2cnn(C)c(=O)c2Cl)C[C@@H](c2ccc(CN3CCN(c4ccc5c(c4)CN(C4CCC(=O)NC4=O)C5=O)CC3)cc2)C1. The van der Waals surface area contributed by atoms with Crippen LogP contribution in [-0.2, 0) is 29.7 Å². The molecule has 12 nitrogen and oxygen atoms in total. The molecule has 0 bridgehead atoms. The molecule has 3 saturated heterocycles. The van der Waals surface area contributed by atoms with Gasteiger partial charge in [-0.25, -0.2) is 4.68 Å². The highest BCUT2D eigenvalue weighted by atomic mass is 35.5. The highest BCUT2D eigenvalue weighted by molar-refractivity contribution is 6.32. The fraction of sp³-hybridized carbons (Fsp3) is 0.457. The molecule has 0 spiro atoms. The first-order valence-electron chi connectivity index (χ1n) is 16.6. The van der Waals surface area contributed by atoms with Crippen LogP contribution in [-0.4, -0.2) is 101 Å². The van der Waals surface area contributed by atoms with E-state index in [0.717, 1.165) is 63.5 Å². The van der Waals surface area contributed by atoms with E-state index in [2.05, 4.69) is 67.8 Å². The lowest BCUT2D eigenvalue weighted by Gasteiger charge is -2.37. The average molecular weight is 673 g/mol. The van der Waals surface area contributed by atoms with Gasteiger partial charge in [-0.05, 0) is 60.7 Å². The number of likely N-dealkylation sites (N-methyl/N-ethyl adjacent to an activating group) is 1. The summed E-state index contributed by atoms with van der Waals surface area (Å²) in [5, 5.41) is 10.1. The first kappa shape index (κ1) is 32.3. The second kappa shape index (κ2) is 13.3. The van der Waals surface area contributed by atoms with Gasteiger partial charge in [0.2, 0.25) is 11.8 Å². The number of hydrogen-bond donors (Lipinski definition) is 2. The van der Waals surface area contributed by atoms with E-state index in [1.807, 2.05) is 12.1 Å². The molecule has 1 aromatic heterocycles. The van der Waals surface area contributed by atoms with E-state index in [1.165, 1.54) is 15.8 Å². The van der Waals surface area contributed by atoms with Crippen LogP contribution in [0.4, 0.5) is 11.4 Å². The third-order valence-corrected chi connectivity index (χ3v) is 10.5. The summed E-state index contributed by atoms with van der Waals surface area (Å²) in [7, 11) is 3.71. The number of piperazine rings is 1. The molecular formula is C35H41ClN8O4. The van der Waals surface area contributed by atoms with Gasteiger partial charge in [-0.15, -0.1) is 0 Å². The maximum absolute atomic E-state index is 13.1. The number of aryl methyl sites for hydroxylation is 1. The van der Waals surface area contributed by atoms with Crippen LogP contribution >= 0.6 is 11.6 Å². The van der Waals surface area contributed by atoms with Crippen molar-refractivity contribution in [1.29, 1.82) is 0 Å². The number of fused-ring (bicyclic) bond motifs is 1. The summed E-state index contributed by atoms with van der Waals surface area (Å²) in [6.45, 7) is 6.73. The second-order valence-corrected chi connectivity index (χ2v) is 13.9. The third-order valence-electron chi connectivity index (χ3n) is 10.2. The van der Waals surface area contributed by atoms with Crippen LogP contribution < -0.4 is 21.1 Å². The standard InChI is InChI=1S/C35H41ClN8O4/c1-40-19-24(15-26(21-40)38-29-17-37-41(2)35(48)32(29)36)23-5-3-22(4-6-23)18-42-11-13-43(14-12-42)27-7-8-28-25(16-27)20-44(34(28)47)30-9-10-31(45)39-33(30)46/h3-8,16-17,24,26,30,38H,9-15,18-21H2,1-2H3,(H,39,45,46)/t24-,26+,30?/m1/s1. The Morgan fingerprint density at radius 1 is 0.979 bits per heavy atom. The Morgan fingerprint density at radius 3 is 2.50 bits per heavy atom. The number of amides is 3. The molecule has 3 amide bonds. The molecular weight excluding hydrogens is 632 g/mol. The summed E-state index contributed by atoms with van der Waals surface area (Å²) in [6.07, 6.45) is 3.17. The molecule has 7 rings (SSSR count). The van der Waals surface area contributed by atoms with E-state index in [0.29, 0.717) is 30.1 Å². The van der Waals surface area contributed by atoms with Gasteiger partial charge >= 0.3 is 0 Å². The number of piperidine rings is 2. The molecule has 4 aliphatic heterocycles. The van der Waals surface area contributed by atoms with Crippen molar-refractivity contribution in [2.45, 2.75) is 50.4 Å². The number of anilines is 2. The minimum Gasteiger partial charge on any atom is -0.378 e. The smallest absolute Gasteiger partial charge is 0.287 e. The summed E-state index contributed by atoms with van der Waals surface area (Å²) in [6, 6.07) is 14.5. The molecule has 0 saturated carbocycles. The number of carbonyl (C=O) groups is 3. The van der Waals surface area contributed by atoms with E-state index in [9.17, 15) is 19.2 Å². The molecule has 2 N–H and O–H groups in total. The fourth-order valence-electron chi connectivity index (χ4n) is 7.57. The molecule has 3 fully saturated rings. The van der Waals surface area contributed by atoms with Gasteiger partial charge in [-0.1, -0.05) is 35.9 Å². The molecule has 0 aliphatic carbocycles. The molecule has 0 radical (unpaired) electrons. The van der Waals surface area contributed by atoms with Crippen molar-refractivity contribution < 1.29 is 14.4 Å². The van der Waals surface area contributed by atoms with E-state index < -0.39 is 6.04 Å². The Bertz CT molecular complexity index is 1790. The van der Waals surface area contributed by atoms with Crippen molar-refractivity contribution in [3.05, 3.63) is 86.3 Å². The number of hydrogen-bond acceptors (Lipinski definition) is 9. The van der Waals surface area contributed by atoms with Crippen LogP contribution in [0.25, 0.3) is 0 Å². The fourth-order valence-corrected chi connectivity index (χ4v) is 7.80. The summed E-state index contributed by atoms with van der Waals surface area (Å²) in [5.74, 6) is -0.450. The Hall–Kier alpha value is -4.26. The van der Waals surface area contributed by atoms with E-state index >= 15 is 0 Å². The third kappa shape index (κ3) is 6.56. The Labute approximate surface area is 284 Å². The minimum absolute atomic E-state index is 0.142. The molecule has 4 aliphatic rings. The lowest BCUT2D eigenvalue weighted by atomic mass is 9.87. The van der Waals surface area contributed by atoms with Gasteiger partial charge in [0.25, 0.3) is 11.5 Å². The monoisotopic (exact) mass is 672 g/mol. The number of aromatic nitrogens is 2. The van der Waals surface area contributed by atoms with Crippen LogP contribution in [0.15, 0.2) is 53.5 Å². The van der Waals surface area contributed by atoms with Crippen molar-refractivity contribution in [2.75, 3.05) is 56.5 Å². The van der Waals surface area contributed by atoms with Gasteiger partial charge < -0.3 is 20.0 Å². The summed E-state index contributed by atoms with van der Waals surface area (Å²) in [4.78, 5) is 58.1. The average Bonchev–Trinajstić information content (AvgIpc) is 3.40. The number of nitrogens with one attached hydrogen (secondary N) is 2. The van der Waals surface area contributed by atoms with E-state index in [4.69, 9.17) is 11.6 Å². The molecule has 5 heterocycles. The second-order valence-electron chi connectivity index (χ2n) is 13.5. The van der Waals surface area contributed by atoms with Crippen molar-refractivity contribution in [2.24, 2.45) is 7.05 Å². The molecule has 2 aromatic carbocycles. The molecule has 3 aromatic rings. The van der Waals surface area contributed by atoms with Crippen LogP contribution in [0.1, 0.15) is 52.2 Å². The maximum atomic E-state index is 13.1. The molecule has 13 heteroatoms. The van der Waals surface area contributed by atoms with Gasteiger partial charge in [0.1, 0.15) is 11.1 Å². The van der Waals surface area contributed by atoms with E-state index in [-0.39, 0.29) is 40.8 Å². The van der Waals surface area contributed by atoms with Crippen molar-refractivity contribution in [3.63, 3.8) is 0 Å². The molecule has 48 heavy (non-hydrogen) atoms. The van der Waals surface area contributed by atoms with Crippen LogP contribution in [0.5, 0.6) is 0 Å². The number of rotatable bonds is 7. The van der Waals surface area contributed by atoms with Crippen molar-refractivity contribution in [3.8, 4) is 0 Å². The lowest BCUT2D eigenvalue weighted by Crippen LogP contribution is -2.52. The quantitative estimate of drug-likeness (QED) is 0.365. The zero-order valence-corrected chi connectivity index (χ0v) is 28.1. The normalized spacial score (nSPS) is 23.7. The van der Waals surface area contributed by atoms with Crippen molar-refractivity contribution in [1.82, 2.24) is 29.8 Å². The Balaban J connectivity index is 0.921. The molecule has 1 unspecified atom stereocenters. The topological polar surface area (TPSA) is 123 Å². The van der Waals surface area contributed by atoms with E-state index in [1.54, 1.807) is 18.1 Å². The summed E-state index contributed by atoms with van der Waals surface area (Å²) >= 11 is 6.32. The number of likely N-dealkylation sites (tertiary alicyclic amines) is 1. The van der Waals surface area contributed by atoms with Gasteiger partial charge in [0, 0.05) is 83.1 Å². The van der Waals surface area contributed by atoms with Crippen LogP contribution in [0, 0.1) is 0 Å². The van der Waals surface area contributed by atoms with Gasteiger partial charge in [0.15, 0.2) is 0 Å². The summed E-state index contributed by atoms with van der Waals surface area (Å²) < 4.78 is 1.24. The Morgan fingerprint density at radius 2 is 1.75 bits per heavy atom. The maximum Gasteiger partial charge on any atom is 0.287 e. The first-order chi connectivity index (χ1) is 23.1. The minimum atomic E-state index is -0.600. The number of benzene rings is 2. The van der Waals surface area contributed by atoms with Gasteiger partial charge in [0.05, 0.1) is 11.9 Å². The number of nitrogens with zero attached hydrogens (tertiary/aromatic N) is 6. The number of halogens is 1. The molecule has 3 atom stereocenters. The Kier molecular flexibility index (Phi) is 8.97.